The molecule has 2 rings (SSSR count). The highest BCUT2D eigenvalue weighted by Gasteiger charge is 2.15. The van der Waals surface area contributed by atoms with Crippen molar-refractivity contribution in [2.24, 2.45) is 0 Å². The molecule has 0 fully saturated rings. The Morgan fingerprint density at radius 3 is 2.28 bits per heavy atom. The Labute approximate surface area is 112 Å². The molecule has 0 bridgehead atoms. The van der Waals surface area contributed by atoms with Gasteiger partial charge in [0.1, 0.15) is 5.82 Å². The van der Waals surface area contributed by atoms with E-state index in [0.717, 1.165) is 12.1 Å². The summed E-state index contributed by atoms with van der Waals surface area (Å²) in [6.45, 7) is 0. The first-order valence-electron chi connectivity index (χ1n) is 5.02. The molecule has 0 aliphatic carbocycles. The second-order valence-corrected chi connectivity index (χ2v) is 4.50. The van der Waals surface area contributed by atoms with Crippen molar-refractivity contribution in [3.8, 4) is 11.1 Å². The van der Waals surface area contributed by atoms with Crippen molar-refractivity contribution in [1.29, 1.82) is 0 Å². The third kappa shape index (κ3) is 2.62. The average Bonchev–Trinajstić information content (AvgIpc) is 2.30. The van der Waals surface area contributed by atoms with Gasteiger partial charge in [-0.25, -0.2) is 13.2 Å². The number of benzene rings is 2. The van der Waals surface area contributed by atoms with Crippen LogP contribution in [0.3, 0.4) is 0 Å². The minimum atomic E-state index is -2.86. The number of rotatable bonds is 2. The molecule has 0 N–H and O–H groups in total. The van der Waals surface area contributed by atoms with Crippen LogP contribution in [0.5, 0.6) is 0 Å². The Bertz CT molecular complexity index is 582. The Morgan fingerprint density at radius 1 is 0.944 bits per heavy atom. The SMILES string of the molecule is Fc1ccc(-c2ccc(Cl)cc2Cl)cc1C(F)F. The van der Waals surface area contributed by atoms with E-state index >= 15 is 0 Å². The second-order valence-electron chi connectivity index (χ2n) is 3.66. The highest BCUT2D eigenvalue weighted by molar-refractivity contribution is 6.36. The van der Waals surface area contributed by atoms with E-state index in [4.69, 9.17) is 23.2 Å². The first-order chi connectivity index (χ1) is 8.49. The normalized spacial score (nSPS) is 11.0. The zero-order chi connectivity index (χ0) is 13.3. The van der Waals surface area contributed by atoms with Gasteiger partial charge in [0.15, 0.2) is 0 Å². The molecule has 18 heavy (non-hydrogen) atoms. The fourth-order valence-electron chi connectivity index (χ4n) is 1.60. The third-order valence-corrected chi connectivity index (χ3v) is 3.02. The van der Waals surface area contributed by atoms with Crippen molar-refractivity contribution in [2.75, 3.05) is 0 Å². The number of alkyl halides is 2. The van der Waals surface area contributed by atoms with E-state index < -0.39 is 17.8 Å². The monoisotopic (exact) mass is 290 g/mol. The summed E-state index contributed by atoms with van der Waals surface area (Å²) in [4.78, 5) is 0. The van der Waals surface area contributed by atoms with Crippen molar-refractivity contribution < 1.29 is 13.2 Å². The van der Waals surface area contributed by atoms with Crippen LogP contribution in [0.2, 0.25) is 10.0 Å². The summed E-state index contributed by atoms with van der Waals surface area (Å²) in [5.41, 5.74) is 0.315. The van der Waals surface area contributed by atoms with Crippen LogP contribution in [-0.2, 0) is 0 Å². The lowest BCUT2D eigenvalue weighted by Crippen LogP contribution is -1.92. The molecule has 0 radical (unpaired) electrons. The summed E-state index contributed by atoms with van der Waals surface area (Å²) in [5, 5.41) is 0.772. The summed E-state index contributed by atoms with van der Waals surface area (Å²) in [7, 11) is 0. The minimum Gasteiger partial charge on any atom is -0.206 e. The van der Waals surface area contributed by atoms with Crippen LogP contribution in [-0.4, -0.2) is 0 Å². The largest absolute Gasteiger partial charge is 0.266 e. The molecule has 94 valence electrons. The van der Waals surface area contributed by atoms with E-state index in [-0.39, 0.29) is 0 Å². The molecule has 0 amide bonds. The van der Waals surface area contributed by atoms with Gasteiger partial charge in [0, 0.05) is 15.6 Å². The first kappa shape index (κ1) is 13.2. The lowest BCUT2D eigenvalue weighted by Gasteiger charge is -2.08. The van der Waals surface area contributed by atoms with Gasteiger partial charge in [-0.2, -0.15) is 0 Å². The predicted molar refractivity (Wildman–Crippen MR) is 66.8 cm³/mol. The van der Waals surface area contributed by atoms with Gasteiger partial charge in [-0.3, -0.25) is 0 Å². The molecular formula is C13H7Cl2F3. The van der Waals surface area contributed by atoms with Crippen molar-refractivity contribution in [3.63, 3.8) is 0 Å². The summed E-state index contributed by atoms with van der Waals surface area (Å²) in [6.07, 6.45) is -2.86. The van der Waals surface area contributed by atoms with Crippen LogP contribution in [0.1, 0.15) is 12.0 Å². The molecule has 0 heterocycles. The zero-order valence-electron chi connectivity index (χ0n) is 8.93. The molecule has 0 aliphatic rings. The highest BCUT2D eigenvalue weighted by Crippen LogP contribution is 2.33. The molecule has 0 aromatic heterocycles. The molecule has 5 heteroatoms. The molecule has 0 saturated carbocycles. The smallest absolute Gasteiger partial charge is 0.206 e. The van der Waals surface area contributed by atoms with Gasteiger partial charge in [-0.05, 0) is 29.8 Å². The van der Waals surface area contributed by atoms with Crippen LogP contribution < -0.4 is 0 Å². The molecule has 0 unspecified atom stereocenters. The second kappa shape index (κ2) is 5.21. The van der Waals surface area contributed by atoms with Gasteiger partial charge in [0.05, 0.1) is 5.56 Å². The Hall–Kier alpha value is -1.19. The van der Waals surface area contributed by atoms with Crippen molar-refractivity contribution in [1.82, 2.24) is 0 Å². The molecular weight excluding hydrogens is 284 g/mol. The van der Waals surface area contributed by atoms with E-state index in [9.17, 15) is 13.2 Å². The van der Waals surface area contributed by atoms with Crippen LogP contribution in [0.25, 0.3) is 11.1 Å². The zero-order valence-corrected chi connectivity index (χ0v) is 10.4. The van der Waals surface area contributed by atoms with E-state index in [1.54, 1.807) is 12.1 Å². The predicted octanol–water partition coefficient (Wildman–Crippen LogP) is 5.74. The maximum absolute atomic E-state index is 13.2. The Morgan fingerprint density at radius 2 is 1.67 bits per heavy atom. The van der Waals surface area contributed by atoms with E-state index in [2.05, 4.69) is 0 Å². The molecule has 0 spiro atoms. The average molecular weight is 291 g/mol. The lowest BCUT2D eigenvalue weighted by atomic mass is 10.0. The number of hydrogen-bond donors (Lipinski definition) is 0. The standard InChI is InChI=1S/C13H7Cl2F3/c14-8-2-3-9(11(15)6-8)7-1-4-12(16)10(5-7)13(17)18/h1-6,13H. The van der Waals surface area contributed by atoms with Crippen LogP contribution >= 0.6 is 23.2 Å². The van der Waals surface area contributed by atoms with Gasteiger partial charge in [-0.15, -0.1) is 0 Å². The summed E-state index contributed by atoms with van der Waals surface area (Å²) >= 11 is 11.7. The van der Waals surface area contributed by atoms with Crippen molar-refractivity contribution in [2.45, 2.75) is 6.43 Å². The maximum Gasteiger partial charge on any atom is 0.266 e. The minimum absolute atomic E-state index is 0.328. The van der Waals surface area contributed by atoms with E-state index in [1.807, 2.05) is 0 Å². The van der Waals surface area contributed by atoms with E-state index in [1.165, 1.54) is 12.1 Å². The van der Waals surface area contributed by atoms with Crippen molar-refractivity contribution in [3.05, 3.63) is 57.8 Å². The summed E-state index contributed by atoms with van der Waals surface area (Å²) < 4.78 is 38.4. The van der Waals surface area contributed by atoms with Gasteiger partial charge in [0.2, 0.25) is 0 Å². The Kier molecular flexibility index (Phi) is 3.83. The van der Waals surface area contributed by atoms with Gasteiger partial charge in [-0.1, -0.05) is 35.3 Å². The van der Waals surface area contributed by atoms with Gasteiger partial charge >= 0.3 is 0 Å². The topological polar surface area (TPSA) is 0 Å². The quantitative estimate of drug-likeness (QED) is 0.662. The summed E-state index contributed by atoms with van der Waals surface area (Å²) in [5.74, 6) is -0.932. The van der Waals surface area contributed by atoms with Gasteiger partial charge in [0.25, 0.3) is 6.43 Å². The third-order valence-electron chi connectivity index (χ3n) is 2.47. The molecule has 2 aromatic carbocycles. The highest BCUT2D eigenvalue weighted by atomic mass is 35.5. The van der Waals surface area contributed by atoms with E-state index in [0.29, 0.717) is 21.2 Å². The first-order valence-corrected chi connectivity index (χ1v) is 5.77. The van der Waals surface area contributed by atoms with Gasteiger partial charge < -0.3 is 0 Å². The number of halogens is 5. The molecule has 0 atom stereocenters. The summed E-state index contributed by atoms with van der Waals surface area (Å²) in [6, 6.07) is 8.19. The molecule has 0 nitrogen and oxygen atoms in total. The Balaban J connectivity index is 2.54. The maximum atomic E-state index is 13.2. The fraction of sp³-hybridized carbons (Fsp3) is 0.0769. The van der Waals surface area contributed by atoms with Crippen LogP contribution in [0.4, 0.5) is 13.2 Å². The van der Waals surface area contributed by atoms with Crippen molar-refractivity contribution >= 4 is 23.2 Å². The lowest BCUT2D eigenvalue weighted by molar-refractivity contribution is 0.146. The molecule has 0 aliphatic heterocycles. The van der Waals surface area contributed by atoms with Crippen LogP contribution in [0.15, 0.2) is 36.4 Å². The number of hydrogen-bond acceptors (Lipinski definition) is 0. The molecule has 0 saturated heterocycles. The molecule has 2 aromatic rings. The fourth-order valence-corrected chi connectivity index (χ4v) is 2.12. The van der Waals surface area contributed by atoms with Crippen LogP contribution in [0, 0.1) is 5.82 Å².